The van der Waals surface area contributed by atoms with Crippen LogP contribution in [0, 0.1) is 0 Å². The predicted molar refractivity (Wildman–Crippen MR) is 66.7 cm³/mol. The fourth-order valence-corrected chi connectivity index (χ4v) is 2.85. The van der Waals surface area contributed by atoms with E-state index in [9.17, 15) is 4.79 Å². The monoisotopic (exact) mass is 271 g/mol. The molecule has 1 aliphatic heterocycles. The van der Waals surface area contributed by atoms with E-state index in [1.54, 1.807) is 6.33 Å². The summed E-state index contributed by atoms with van der Waals surface area (Å²) in [7, 11) is 0. The third kappa shape index (κ3) is 3.23. The Hall–Kier alpha value is -1.08. The number of hydrogen-bond acceptors (Lipinski definition) is 5. The van der Waals surface area contributed by atoms with E-state index in [-0.39, 0.29) is 17.4 Å². The number of nitrogens with zero attached hydrogens (tertiary/aromatic N) is 3. The summed E-state index contributed by atoms with van der Waals surface area (Å²) >= 11 is 1.20. The quantitative estimate of drug-likeness (QED) is 0.838. The lowest BCUT2D eigenvalue weighted by molar-refractivity contribution is -0.133. The third-order valence-electron chi connectivity index (χ3n) is 2.93. The summed E-state index contributed by atoms with van der Waals surface area (Å²) in [5.74, 6) is -0.840. The maximum Gasteiger partial charge on any atom is 0.313 e. The SMILES string of the molecule is CC1(C)CC(n2cnnc2SCC(=O)O)CCO1. The van der Waals surface area contributed by atoms with Crippen molar-refractivity contribution in [3.63, 3.8) is 0 Å². The molecule has 1 atom stereocenters. The highest BCUT2D eigenvalue weighted by Crippen LogP contribution is 2.33. The van der Waals surface area contributed by atoms with Gasteiger partial charge in [0.2, 0.25) is 0 Å². The minimum absolute atomic E-state index is 0.00526. The number of thioether (sulfide) groups is 1. The normalized spacial score (nSPS) is 22.9. The van der Waals surface area contributed by atoms with Crippen LogP contribution in [0.2, 0.25) is 0 Å². The van der Waals surface area contributed by atoms with Gasteiger partial charge in [0.1, 0.15) is 6.33 Å². The number of rotatable bonds is 4. The molecule has 6 nitrogen and oxygen atoms in total. The topological polar surface area (TPSA) is 77.2 Å². The number of aromatic nitrogens is 3. The first-order chi connectivity index (χ1) is 8.48. The summed E-state index contributed by atoms with van der Waals surface area (Å²) in [6.07, 6.45) is 3.46. The second-order valence-corrected chi connectivity index (χ2v) is 5.90. The number of carboxylic acids is 1. The smallest absolute Gasteiger partial charge is 0.313 e. The molecule has 0 aliphatic carbocycles. The summed E-state index contributed by atoms with van der Waals surface area (Å²) in [5.41, 5.74) is -0.151. The Balaban J connectivity index is 2.08. The molecule has 100 valence electrons. The third-order valence-corrected chi connectivity index (χ3v) is 3.87. The van der Waals surface area contributed by atoms with Crippen molar-refractivity contribution in [1.29, 1.82) is 0 Å². The molecule has 0 spiro atoms. The van der Waals surface area contributed by atoms with Crippen molar-refractivity contribution in [2.24, 2.45) is 0 Å². The van der Waals surface area contributed by atoms with Crippen LogP contribution < -0.4 is 0 Å². The average molecular weight is 271 g/mol. The van der Waals surface area contributed by atoms with Crippen molar-refractivity contribution >= 4 is 17.7 Å². The molecule has 0 aromatic carbocycles. The van der Waals surface area contributed by atoms with E-state index in [0.29, 0.717) is 11.8 Å². The van der Waals surface area contributed by atoms with Crippen LogP contribution in [0.3, 0.4) is 0 Å². The van der Waals surface area contributed by atoms with Gasteiger partial charge in [0.25, 0.3) is 0 Å². The van der Waals surface area contributed by atoms with Crippen molar-refractivity contribution in [2.75, 3.05) is 12.4 Å². The van der Waals surface area contributed by atoms with Gasteiger partial charge in [-0.15, -0.1) is 10.2 Å². The molecule has 1 N–H and O–H groups in total. The van der Waals surface area contributed by atoms with E-state index in [1.165, 1.54) is 11.8 Å². The van der Waals surface area contributed by atoms with E-state index < -0.39 is 5.97 Å². The minimum atomic E-state index is -0.846. The first kappa shape index (κ1) is 13.4. The summed E-state index contributed by atoms with van der Waals surface area (Å²) in [6, 6.07) is 0.278. The van der Waals surface area contributed by atoms with E-state index in [1.807, 2.05) is 4.57 Å². The first-order valence-corrected chi connectivity index (χ1v) is 6.84. The van der Waals surface area contributed by atoms with Crippen molar-refractivity contribution in [3.05, 3.63) is 6.33 Å². The van der Waals surface area contributed by atoms with Crippen LogP contribution in [0.1, 0.15) is 32.7 Å². The standard InChI is InChI=1S/C11H17N3O3S/c1-11(2)5-8(3-4-17-11)14-7-12-13-10(14)18-6-9(15)16/h7-8H,3-6H2,1-2H3,(H,15,16). The fourth-order valence-electron chi connectivity index (χ4n) is 2.15. The maximum absolute atomic E-state index is 10.6. The fraction of sp³-hybridized carbons (Fsp3) is 0.727. The van der Waals surface area contributed by atoms with Gasteiger partial charge in [-0.1, -0.05) is 11.8 Å². The van der Waals surface area contributed by atoms with Gasteiger partial charge in [-0.05, 0) is 26.7 Å². The van der Waals surface area contributed by atoms with Gasteiger partial charge < -0.3 is 14.4 Å². The van der Waals surface area contributed by atoms with Gasteiger partial charge in [-0.2, -0.15) is 0 Å². The lowest BCUT2D eigenvalue weighted by Gasteiger charge is -2.36. The Morgan fingerprint density at radius 3 is 3.17 bits per heavy atom. The molecule has 18 heavy (non-hydrogen) atoms. The molecule has 1 fully saturated rings. The summed E-state index contributed by atoms with van der Waals surface area (Å²) < 4.78 is 7.65. The summed E-state index contributed by atoms with van der Waals surface area (Å²) in [6.45, 7) is 4.83. The van der Waals surface area contributed by atoms with Gasteiger partial charge in [-0.3, -0.25) is 4.79 Å². The Morgan fingerprint density at radius 1 is 1.72 bits per heavy atom. The van der Waals surface area contributed by atoms with Crippen molar-refractivity contribution in [2.45, 2.75) is 43.5 Å². The molecular formula is C11H17N3O3S. The maximum atomic E-state index is 10.6. The van der Waals surface area contributed by atoms with E-state index in [2.05, 4.69) is 24.0 Å². The number of carboxylic acid groups (broad SMARTS) is 1. The minimum Gasteiger partial charge on any atom is -0.481 e. The molecule has 0 radical (unpaired) electrons. The highest BCUT2D eigenvalue weighted by molar-refractivity contribution is 7.99. The Kier molecular flexibility index (Phi) is 3.91. The average Bonchev–Trinajstić information content (AvgIpc) is 2.73. The van der Waals surface area contributed by atoms with Crippen LogP contribution in [0.25, 0.3) is 0 Å². The molecule has 7 heteroatoms. The largest absolute Gasteiger partial charge is 0.481 e. The van der Waals surface area contributed by atoms with Gasteiger partial charge in [0.15, 0.2) is 5.16 Å². The molecule has 1 aromatic heterocycles. The van der Waals surface area contributed by atoms with Crippen LogP contribution in [-0.4, -0.2) is 43.8 Å². The number of aliphatic carboxylic acids is 1. The predicted octanol–water partition coefficient (Wildman–Crippen LogP) is 1.58. The van der Waals surface area contributed by atoms with Crippen LogP contribution >= 0.6 is 11.8 Å². The molecule has 2 rings (SSSR count). The number of carbonyl (C=O) groups is 1. The lowest BCUT2D eigenvalue weighted by atomic mass is 9.94. The lowest BCUT2D eigenvalue weighted by Crippen LogP contribution is -2.35. The molecule has 2 heterocycles. The van der Waals surface area contributed by atoms with Crippen molar-refractivity contribution in [3.8, 4) is 0 Å². The number of hydrogen-bond donors (Lipinski definition) is 1. The molecule has 1 saturated heterocycles. The summed E-state index contributed by atoms with van der Waals surface area (Å²) in [4.78, 5) is 10.6. The highest BCUT2D eigenvalue weighted by Gasteiger charge is 2.31. The Labute approximate surface area is 110 Å². The second kappa shape index (κ2) is 5.27. The second-order valence-electron chi connectivity index (χ2n) is 4.96. The molecular weight excluding hydrogens is 254 g/mol. The van der Waals surface area contributed by atoms with Gasteiger partial charge in [-0.25, -0.2) is 0 Å². The zero-order valence-electron chi connectivity index (χ0n) is 10.5. The van der Waals surface area contributed by atoms with Gasteiger partial charge in [0, 0.05) is 12.6 Å². The van der Waals surface area contributed by atoms with Crippen LogP contribution in [0.15, 0.2) is 11.5 Å². The molecule has 1 aromatic rings. The molecule has 1 unspecified atom stereocenters. The van der Waals surface area contributed by atoms with Gasteiger partial charge >= 0.3 is 5.97 Å². The molecule has 1 aliphatic rings. The van der Waals surface area contributed by atoms with Crippen LogP contribution in [0.5, 0.6) is 0 Å². The van der Waals surface area contributed by atoms with Crippen molar-refractivity contribution in [1.82, 2.24) is 14.8 Å². The van der Waals surface area contributed by atoms with Crippen LogP contribution in [-0.2, 0) is 9.53 Å². The van der Waals surface area contributed by atoms with E-state index in [4.69, 9.17) is 9.84 Å². The molecule has 0 bridgehead atoms. The molecule has 0 saturated carbocycles. The first-order valence-electron chi connectivity index (χ1n) is 5.86. The number of ether oxygens (including phenoxy) is 1. The zero-order chi connectivity index (χ0) is 13.2. The van der Waals surface area contributed by atoms with E-state index >= 15 is 0 Å². The Morgan fingerprint density at radius 2 is 2.50 bits per heavy atom. The van der Waals surface area contributed by atoms with E-state index in [0.717, 1.165) is 12.8 Å². The molecule has 0 amide bonds. The highest BCUT2D eigenvalue weighted by atomic mass is 32.2. The van der Waals surface area contributed by atoms with Gasteiger partial charge in [0.05, 0.1) is 11.4 Å². The van der Waals surface area contributed by atoms with Crippen LogP contribution in [0.4, 0.5) is 0 Å². The van der Waals surface area contributed by atoms with Crippen molar-refractivity contribution < 1.29 is 14.6 Å². The summed E-state index contributed by atoms with van der Waals surface area (Å²) in [5, 5.41) is 17.2. The Bertz CT molecular complexity index is 433. The zero-order valence-corrected chi connectivity index (χ0v) is 11.3.